The van der Waals surface area contributed by atoms with E-state index in [4.69, 9.17) is 10.8 Å². The molecule has 0 aromatic rings. The van der Waals surface area contributed by atoms with Gasteiger partial charge >= 0.3 is 12.0 Å². The number of hydrogen-bond donors (Lipinski definition) is 4. The van der Waals surface area contributed by atoms with E-state index in [0.717, 1.165) is 0 Å². The lowest BCUT2D eigenvalue weighted by Gasteiger charge is -2.21. The van der Waals surface area contributed by atoms with Crippen LogP contribution in [0.5, 0.6) is 0 Å². The van der Waals surface area contributed by atoms with Crippen molar-refractivity contribution in [3.05, 3.63) is 0 Å². The first-order valence-corrected chi connectivity index (χ1v) is 6.80. The summed E-state index contributed by atoms with van der Waals surface area (Å²) in [4.78, 5) is 33.3. The van der Waals surface area contributed by atoms with Crippen molar-refractivity contribution in [1.29, 1.82) is 0 Å². The van der Waals surface area contributed by atoms with Gasteiger partial charge in [0.1, 0.15) is 6.04 Å². The van der Waals surface area contributed by atoms with Gasteiger partial charge in [-0.3, -0.25) is 9.59 Å². The predicted octanol–water partition coefficient (Wildman–Crippen LogP) is 0.829. The molecule has 3 amide bonds. The third kappa shape index (κ3) is 9.18. The second kappa shape index (κ2) is 9.17. The van der Waals surface area contributed by atoms with Gasteiger partial charge in [0.25, 0.3) is 0 Å². The summed E-state index contributed by atoms with van der Waals surface area (Å²) in [7, 11) is 0. The number of rotatable bonds is 9. The molecule has 5 N–H and O–H groups in total. The zero-order valence-electron chi connectivity index (χ0n) is 12.3. The fraction of sp³-hybridized carbons (Fsp3) is 0.769. The number of primary amides is 1. The molecule has 2 unspecified atom stereocenters. The molecule has 0 spiro atoms. The highest BCUT2D eigenvalue weighted by Crippen LogP contribution is 2.06. The third-order valence-corrected chi connectivity index (χ3v) is 2.76. The van der Waals surface area contributed by atoms with E-state index in [2.05, 4.69) is 10.6 Å². The molecule has 0 aliphatic rings. The van der Waals surface area contributed by atoms with Crippen molar-refractivity contribution in [1.82, 2.24) is 10.6 Å². The molecule has 0 saturated carbocycles. The standard InChI is InChI=1S/C13H25N3O4/c1-8(2)7-10(16-13(14)20)12(19)15-9(3)5-4-6-11(17)18/h8-10H,4-7H2,1-3H3,(H,15,19)(H,17,18)(H3,14,16,20). The molecule has 0 aliphatic carbocycles. The van der Waals surface area contributed by atoms with Crippen LogP contribution in [0, 0.1) is 5.92 Å². The molecule has 0 bridgehead atoms. The molecule has 0 saturated heterocycles. The minimum atomic E-state index is -0.850. The number of urea groups is 1. The minimum Gasteiger partial charge on any atom is -0.481 e. The van der Waals surface area contributed by atoms with E-state index >= 15 is 0 Å². The van der Waals surface area contributed by atoms with Crippen molar-refractivity contribution >= 4 is 17.9 Å². The van der Waals surface area contributed by atoms with Gasteiger partial charge in [-0.2, -0.15) is 0 Å². The molecule has 2 atom stereocenters. The van der Waals surface area contributed by atoms with Gasteiger partial charge in [-0.15, -0.1) is 0 Å². The van der Waals surface area contributed by atoms with Crippen LogP contribution in [0.3, 0.4) is 0 Å². The average molecular weight is 287 g/mol. The topological polar surface area (TPSA) is 122 Å². The first-order chi connectivity index (χ1) is 9.22. The van der Waals surface area contributed by atoms with Gasteiger partial charge in [0, 0.05) is 12.5 Å². The Balaban J connectivity index is 4.28. The first-order valence-electron chi connectivity index (χ1n) is 6.80. The molecular formula is C13H25N3O4. The highest BCUT2D eigenvalue weighted by Gasteiger charge is 2.22. The number of hydrogen-bond acceptors (Lipinski definition) is 3. The molecule has 0 fully saturated rings. The van der Waals surface area contributed by atoms with Crippen LogP contribution in [0.2, 0.25) is 0 Å². The zero-order chi connectivity index (χ0) is 15.7. The molecule has 20 heavy (non-hydrogen) atoms. The summed E-state index contributed by atoms with van der Waals surface area (Å²) >= 11 is 0. The normalized spacial score (nSPS) is 13.6. The summed E-state index contributed by atoms with van der Waals surface area (Å²) in [5.74, 6) is -0.906. The Morgan fingerprint density at radius 1 is 1.15 bits per heavy atom. The van der Waals surface area contributed by atoms with Crippen LogP contribution in [0.25, 0.3) is 0 Å². The molecule has 0 radical (unpaired) electrons. The van der Waals surface area contributed by atoms with Gasteiger partial charge in [-0.05, 0) is 32.1 Å². The number of carboxylic acids is 1. The number of nitrogens with one attached hydrogen (secondary N) is 2. The summed E-state index contributed by atoms with van der Waals surface area (Å²) in [5.41, 5.74) is 5.06. The third-order valence-electron chi connectivity index (χ3n) is 2.76. The van der Waals surface area contributed by atoms with E-state index < -0.39 is 18.0 Å². The summed E-state index contributed by atoms with van der Waals surface area (Å²) in [6.45, 7) is 5.69. The summed E-state index contributed by atoms with van der Waals surface area (Å²) in [6.07, 6.45) is 1.64. The smallest absolute Gasteiger partial charge is 0.312 e. The van der Waals surface area contributed by atoms with Crippen molar-refractivity contribution in [2.45, 2.75) is 58.5 Å². The van der Waals surface area contributed by atoms with Gasteiger partial charge in [-0.1, -0.05) is 13.8 Å². The Morgan fingerprint density at radius 3 is 2.20 bits per heavy atom. The Morgan fingerprint density at radius 2 is 1.75 bits per heavy atom. The molecule has 7 nitrogen and oxygen atoms in total. The van der Waals surface area contributed by atoms with Gasteiger partial charge in [0.05, 0.1) is 0 Å². The quantitative estimate of drug-likeness (QED) is 0.501. The number of carboxylic acid groups (broad SMARTS) is 1. The summed E-state index contributed by atoms with van der Waals surface area (Å²) in [6, 6.07) is -1.54. The van der Waals surface area contributed by atoms with E-state index in [1.54, 1.807) is 6.92 Å². The van der Waals surface area contributed by atoms with Crippen molar-refractivity contribution < 1.29 is 19.5 Å². The van der Waals surface area contributed by atoms with Gasteiger partial charge < -0.3 is 21.5 Å². The molecule has 7 heteroatoms. The van der Waals surface area contributed by atoms with E-state index in [0.29, 0.717) is 19.3 Å². The lowest BCUT2D eigenvalue weighted by molar-refractivity contribution is -0.137. The number of nitrogens with two attached hydrogens (primary N) is 1. The SMILES string of the molecule is CC(C)CC(NC(N)=O)C(=O)NC(C)CCCC(=O)O. The second-order valence-corrected chi connectivity index (χ2v) is 5.39. The number of carbonyl (C=O) groups excluding carboxylic acids is 2. The highest BCUT2D eigenvalue weighted by molar-refractivity contribution is 5.86. The maximum atomic E-state index is 12.0. The fourth-order valence-corrected chi connectivity index (χ4v) is 1.85. The summed E-state index contributed by atoms with van der Waals surface area (Å²) in [5, 5.41) is 13.7. The van der Waals surface area contributed by atoms with Crippen LogP contribution >= 0.6 is 0 Å². The Labute approximate surface area is 119 Å². The highest BCUT2D eigenvalue weighted by atomic mass is 16.4. The van der Waals surface area contributed by atoms with Crippen LogP contribution in [-0.2, 0) is 9.59 Å². The maximum Gasteiger partial charge on any atom is 0.312 e. The van der Waals surface area contributed by atoms with E-state index in [9.17, 15) is 14.4 Å². The van der Waals surface area contributed by atoms with Crippen molar-refractivity contribution in [2.75, 3.05) is 0 Å². The van der Waals surface area contributed by atoms with Crippen molar-refractivity contribution in [3.63, 3.8) is 0 Å². The minimum absolute atomic E-state index is 0.0785. The molecule has 0 aromatic heterocycles. The zero-order valence-corrected chi connectivity index (χ0v) is 12.3. The number of amides is 3. The largest absolute Gasteiger partial charge is 0.481 e. The maximum absolute atomic E-state index is 12.0. The van der Waals surface area contributed by atoms with Crippen molar-refractivity contribution in [2.24, 2.45) is 11.7 Å². The van der Waals surface area contributed by atoms with Crippen LogP contribution in [0.4, 0.5) is 4.79 Å². The Bertz CT molecular complexity index is 345. The van der Waals surface area contributed by atoms with E-state index in [1.165, 1.54) is 0 Å². The molecular weight excluding hydrogens is 262 g/mol. The first kappa shape index (κ1) is 18.2. The number of aliphatic carboxylic acids is 1. The molecule has 0 rings (SSSR count). The van der Waals surface area contributed by atoms with Crippen LogP contribution in [-0.4, -0.2) is 35.1 Å². The lowest BCUT2D eigenvalue weighted by Crippen LogP contribution is -2.51. The average Bonchev–Trinajstić information content (AvgIpc) is 2.25. The van der Waals surface area contributed by atoms with E-state index in [1.807, 2.05) is 13.8 Å². The summed E-state index contributed by atoms with van der Waals surface area (Å²) < 4.78 is 0. The van der Waals surface area contributed by atoms with Crippen LogP contribution < -0.4 is 16.4 Å². The predicted molar refractivity (Wildman–Crippen MR) is 75.1 cm³/mol. The fourth-order valence-electron chi connectivity index (χ4n) is 1.85. The van der Waals surface area contributed by atoms with Crippen molar-refractivity contribution in [3.8, 4) is 0 Å². The molecule has 0 heterocycles. The second-order valence-electron chi connectivity index (χ2n) is 5.39. The monoisotopic (exact) mass is 287 g/mol. The van der Waals surface area contributed by atoms with Crippen LogP contribution in [0.15, 0.2) is 0 Å². The molecule has 0 aliphatic heterocycles. The molecule has 116 valence electrons. The molecule has 0 aromatic carbocycles. The number of carbonyl (C=O) groups is 3. The Hall–Kier alpha value is -1.79. The lowest BCUT2D eigenvalue weighted by atomic mass is 10.0. The van der Waals surface area contributed by atoms with Gasteiger partial charge in [-0.25, -0.2) is 4.79 Å². The van der Waals surface area contributed by atoms with E-state index in [-0.39, 0.29) is 24.3 Å². The Kier molecular flexibility index (Phi) is 8.35. The van der Waals surface area contributed by atoms with Crippen LogP contribution in [0.1, 0.15) is 46.5 Å². The van der Waals surface area contributed by atoms with Gasteiger partial charge in [0.2, 0.25) is 5.91 Å². The van der Waals surface area contributed by atoms with Gasteiger partial charge in [0.15, 0.2) is 0 Å².